The van der Waals surface area contributed by atoms with Crippen LogP contribution in [0.4, 0.5) is 0 Å². The third kappa shape index (κ3) is 3.60. The molecule has 22 heavy (non-hydrogen) atoms. The molecule has 1 N–H and O–H groups in total. The maximum absolute atomic E-state index is 6.09. The lowest BCUT2D eigenvalue weighted by Crippen LogP contribution is -2.38. The number of aryl methyl sites for hydroxylation is 1. The van der Waals surface area contributed by atoms with Gasteiger partial charge in [-0.3, -0.25) is 10.00 Å². The number of ether oxygens (including phenoxy) is 1. The second-order valence-electron chi connectivity index (χ2n) is 5.32. The number of aromatic amines is 1. The summed E-state index contributed by atoms with van der Waals surface area (Å²) in [6.45, 7) is 5.13. The molecule has 1 fully saturated rings. The number of nitrogens with one attached hydrogen (secondary N) is 1. The topological polar surface area (TPSA) is 54.0 Å². The number of hydrogen-bond acceptors (Lipinski definition) is 4. The summed E-state index contributed by atoms with van der Waals surface area (Å²) in [5.74, 6) is 1.75. The van der Waals surface area contributed by atoms with Crippen LogP contribution in [0.3, 0.4) is 0 Å². The fourth-order valence-corrected chi connectivity index (χ4v) is 2.84. The van der Waals surface area contributed by atoms with Crippen molar-refractivity contribution in [1.29, 1.82) is 0 Å². The Labute approximate surface area is 139 Å². The van der Waals surface area contributed by atoms with Crippen LogP contribution in [-0.2, 0) is 17.7 Å². The zero-order chi connectivity index (χ0) is 15.5. The molecule has 0 saturated carbocycles. The standard InChI is InChI=1S/C15H18Cl2N4O/c1-2-14-18-15(20-19-14)9-21-5-6-22-13(8-21)10-3-4-11(16)12(17)7-10/h3-4,7,13H,2,5-6,8-9H2,1H3,(H,18,19,20)/t13-/m0/s1. The second-order valence-corrected chi connectivity index (χ2v) is 6.13. The minimum Gasteiger partial charge on any atom is -0.371 e. The van der Waals surface area contributed by atoms with E-state index in [1.54, 1.807) is 0 Å². The molecule has 0 bridgehead atoms. The van der Waals surface area contributed by atoms with E-state index in [0.717, 1.165) is 43.3 Å². The van der Waals surface area contributed by atoms with Crippen LogP contribution in [0.1, 0.15) is 30.2 Å². The van der Waals surface area contributed by atoms with Gasteiger partial charge in [0, 0.05) is 19.5 Å². The molecule has 2 heterocycles. The van der Waals surface area contributed by atoms with Crippen molar-refractivity contribution in [3.63, 3.8) is 0 Å². The Balaban J connectivity index is 1.67. The molecule has 7 heteroatoms. The van der Waals surface area contributed by atoms with Crippen molar-refractivity contribution >= 4 is 23.2 Å². The molecule has 1 aliphatic rings. The molecule has 3 rings (SSSR count). The number of rotatable bonds is 4. The maximum atomic E-state index is 6.09. The van der Waals surface area contributed by atoms with Crippen molar-refractivity contribution in [3.8, 4) is 0 Å². The van der Waals surface area contributed by atoms with Crippen molar-refractivity contribution in [1.82, 2.24) is 20.1 Å². The number of H-pyrrole nitrogens is 1. The van der Waals surface area contributed by atoms with Gasteiger partial charge in [-0.15, -0.1) is 0 Å². The molecule has 5 nitrogen and oxygen atoms in total. The van der Waals surface area contributed by atoms with E-state index in [2.05, 4.69) is 20.1 Å². The predicted octanol–water partition coefficient (Wildman–Crippen LogP) is 3.25. The first-order valence-corrected chi connectivity index (χ1v) is 8.10. The average Bonchev–Trinajstić information content (AvgIpc) is 2.98. The van der Waals surface area contributed by atoms with Gasteiger partial charge < -0.3 is 4.74 Å². The molecule has 1 atom stereocenters. The van der Waals surface area contributed by atoms with Gasteiger partial charge in [-0.1, -0.05) is 36.2 Å². The summed E-state index contributed by atoms with van der Waals surface area (Å²) in [4.78, 5) is 6.76. The first-order valence-electron chi connectivity index (χ1n) is 7.34. The number of hydrogen-bond donors (Lipinski definition) is 1. The molecule has 1 aliphatic heterocycles. The second kappa shape index (κ2) is 6.96. The van der Waals surface area contributed by atoms with E-state index in [1.165, 1.54) is 0 Å². The monoisotopic (exact) mass is 340 g/mol. The van der Waals surface area contributed by atoms with Crippen LogP contribution in [0.2, 0.25) is 10.0 Å². The normalized spacial score (nSPS) is 19.5. The number of nitrogens with zero attached hydrogens (tertiary/aromatic N) is 3. The third-order valence-corrected chi connectivity index (χ3v) is 4.47. The summed E-state index contributed by atoms with van der Waals surface area (Å²) in [7, 11) is 0. The molecule has 118 valence electrons. The quantitative estimate of drug-likeness (QED) is 0.928. The van der Waals surface area contributed by atoms with Crippen molar-refractivity contribution in [2.24, 2.45) is 0 Å². The third-order valence-electron chi connectivity index (χ3n) is 3.73. The van der Waals surface area contributed by atoms with E-state index in [1.807, 2.05) is 25.1 Å². The van der Waals surface area contributed by atoms with Crippen LogP contribution in [0.15, 0.2) is 18.2 Å². The largest absolute Gasteiger partial charge is 0.371 e. The Bertz CT molecular complexity index is 646. The fourth-order valence-electron chi connectivity index (χ4n) is 2.54. The molecule has 1 aromatic heterocycles. The molecule has 0 amide bonds. The molecular weight excluding hydrogens is 323 g/mol. The zero-order valence-electron chi connectivity index (χ0n) is 12.4. The van der Waals surface area contributed by atoms with E-state index >= 15 is 0 Å². The van der Waals surface area contributed by atoms with E-state index in [0.29, 0.717) is 16.7 Å². The van der Waals surface area contributed by atoms with E-state index in [-0.39, 0.29) is 6.10 Å². The fraction of sp³-hybridized carbons (Fsp3) is 0.467. The summed E-state index contributed by atoms with van der Waals surface area (Å²) in [5, 5.41) is 8.29. The summed E-state index contributed by atoms with van der Waals surface area (Å²) in [6, 6.07) is 5.65. The summed E-state index contributed by atoms with van der Waals surface area (Å²) >= 11 is 12.1. The van der Waals surface area contributed by atoms with Gasteiger partial charge in [-0.05, 0) is 17.7 Å². The van der Waals surface area contributed by atoms with E-state index in [4.69, 9.17) is 27.9 Å². The minimum atomic E-state index is -0.00270. The Morgan fingerprint density at radius 1 is 1.36 bits per heavy atom. The van der Waals surface area contributed by atoms with Crippen molar-refractivity contribution < 1.29 is 4.74 Å². The van der Waals surface area contributed by atoms with Gasteiger partial charge in [0.25, 0.3) is 0 Å². The number of morpholine rings is 1. The molecule has 0 radical (unpaired) electrons. The Kier molecular flexibility index (Phi) is 4.98. The molecule has 1 aromatic carbocycles. The molecule has 0 spiro atoms. The van der Waals surface area contributed by atoms with Crippen LogP contribution < -0.4 is 0 Å². The lowest BCUT2D eigenvalue weighted by atomic mass is 10.1. The highest BCUT2D eigenvalue weighted by atomic mass is 35.5. The van der Waals surface area contributed by atoms with E-state index in [9.17, 15) is 0 Å². The smallest absolute Gasteiger partial charge is 0.150 e. The van der Waals surface area contributed by atoms with Crippen molar-refractivity contribution in [2.75, 3.05) is 19.7 Å². The molecule has 0 unspecified atom stereocenters. The van der Waals surface area contributed by atoms with Crippen LogP contribution in [0, 0.1) is 0 Å². The maximum Gasteiger partial charge on any atom is 0.150 e. The van der Waals surface area contributed by atoms with Crippen molar-refractivity contribution in [2.45, 2.75) is 26.0 Å². The van der Waals surface area contributed by atoms with Gasteiger partial charge in [0.2, 0.25) is 0 Å². The highest BCUT2D eigenvalue weighted by Crippen LogP contribution is 2.29. The lowest BCUT2D eigenvalue weighted by molar-refractivity contribution is -0.0336. The molecule has 0 aliphatic carbocycles. The van der Waals surface area contributed by atoms with Crippen LogP contribution in [0.25, 0.3) is 0 Å². The zero-order valence-corrected chi connectivity index (χ0v) is 13.9. The first-order chi connectivity index (χ1) is 10.7. The van der Waals surface area contributed by atoms with Crippen molar-refractivity contribution in [3.05, 3.63) is 45.5 Å². The number of benzene rings is 1. The molecule has 2 aromatic rings. The van der Waals surface area contributed by atoms with E-state index < -0.39 is 0 Å². The summed E-state index contributed by atoms with van der Waals surface area (Å²) in [5.41, 5.74) is 1.05. The molecular formula is C15H18Cl2N4O. The first kappa shape index (κ1) is 15.7. The minimum absolute atomic E-state index is 0.00270. The predicted molar refractivity (Wildman–Crippen MR) is 86.2 cm³/mol. The SMILES string of the molecule is CCc1n[nH]c(CN2CCO[C@H](c3ccc(Cl)c(Cl)c3)C2)n1. The average molecular weight is 341 g/mol. The van der Waals surface area contributed by atoms with Gasteiger partial charge in [0.15, 0.2) is 0 Å². The van der Waals surface area contributed by atoms with Gasteiger partial charge in [0.05, 0.1) is 29.3 Å². The van der Waals surface area contributed by atoms with Gasteiger partial charge >= 0.3 is 0 Å². The van der Waals surface area contributed by atoms with Gasteiger partial charge in [0.1, 0.15) is 11.6 Å². The number of aromatic nitrogens is 3. The Morgan fingerprint density at radius 2 is 2.23 bits per heavy atom. The van der Waals surface area contributed by atoms with Crippen LogP contribution >= 0.6 is 23.2 Å². The van der Waals surface area contributed by atoms with Gasteiger partial charge in [-0.25, -0.2) is 4.98 Å². The summed E-state index contributed by atoms with van der Waals surface area (Å²) < 4.78 is 5.86. The molecule has 1 saturated heterocycles. The lowest BCUT2D eigenvalue weighted by Gasteiger charge is -2.32. The van der Waals surface area contributed by atoms with Crippen LogP contribution in [0.5, 0.6) is 0 Å². The summed E-state index contributed by atoms with van der Waals surface area (Å²) in [6.07, 6.45) is 0.836. The Morgan fingerprint density at radius 3 is 2.95 bits per heavy atom. The highest BCUT2D eigenvalue weighted by Gasteiger charge is 2.23. The Hall–Kier alpha value is -1.14. The van der Waals surface area contributed by atoms with Crippen LogP contribution in [-0.4, -0.2) is 39.8 Å². The van der Waals surface area contributed by atoms with Gasteiger partial charge in [-0.2, -0.15) is 5.10 Å². The number of halogens is 2. The highest BCUT2D eigenvalue weighted by molar-refractivity contribution is 6.42.